The van der Waals surface area contributed by atoms with Gasteiger partial charge < -0.3 is 10.6 Å². The van der Waals surface area contributed by atoms with E-state index in [0.717, 1.165) is 13.1 Å². The van der Waals surface area contributed by atoms with E-state index in [9.17, 15) is 0 Å². The highest BCUT2D eigenvalue weighted by Crippen LogP contribution is 2.18. The fourth-order valence-corrected chi connectivity index (χ4v) is 1.63. The predicted molar refractivity (Wildman–Crippen MR) is 67.0 cm³/mol. The van der Waals surface area contributed by atoms with E-state index in [1.54, 1.807) is 0 Å². The van der Waals surface area contributed by atoms with Crippen LogP contribution in [0.25, 0.3) is 0 Å². The summed E-state index contributed by atoms with van der Waals surface area (Å²) in [6.07, 6.45) is 6.69. The smallest absolute Gasteiger partial charge is 0.0176 e. The van der Waals surface area contributed by atoms with Gasteiger partial charge in [-0.15, -0.1) is 0 Å². The lowest BCUT2D eigenvalue weighted by molar-refractivity contribution is 0.528. The second-order valence-corrected chi connectivity index (χ2v) is 4.83. The lowest BCUT2D eigenvalue weighted by Gasteiger charge is -2.18. The van der Waals surface area contributed by atoms with E-state index in [4.69, 9.17) is 0 Å². The molecule has 0 aromatic rings. The Balaban J connectivity index is 2.31. The van der Waals surface area contributed by atoms with Gasteiger partial charge in [0.15, 0.2) is 0 Å². The van der Waals surface area contributed by atoms with Gasteiger partial charge in [-0.25, -0.2) is 0 Å². The monoisotopic (exact) mass is 208 g/mol. The van der Waals surface area contributed by atoms with Crippen LogP contribution in [0.5, 0.6) is 0 Å². The highest BCUT2D eigenvalue weighted by molar-refractivity contribution is 5.28. The van der Waals surface area contributed by atoms with Gasteiger partial charge in [0, 0.05) is 31.1 Å². The van der Waals surface area contributed by atoms with E-state index in [2.05, 4.69) is 56.6 Å². The van der Waals surface area contributed by atoms with Crippen molar-refractivity contribution in [3.05, 3.63) is 23.8 Å². The molecule has 15 heavy (non-hydrogen) atoms. The van der Waals surface area contributed by atoms with Gasteiger partial charge in [-0.1, -0.05) is 45.9 Å². The van der Waals surface area contributed by atoms with Crippen molar-refractivity contribution in [3.8, 4) is 0 Å². The number of hydrogen-bond acceptors (Lipinski definition) is 2. The molecule has 0 bridgehead atoms. The van der Waals surface area contributed by atoms with Crippen LogP contribution in [0.4, 0.5) is 0 Å². The minimum Gasteiger partial charge on any atom is -0.314 e. The molecule has 0 saturated heterocycles. The average Bonchev–Trinajstić information content (AvgIpc) is 2.58. The third-order valence-electron chi connectivity index (χ3n) is 2.59. The first-order valence-corrected chi connectivity index (χ1v) is 5.93. The molecule has 2 nitrogen and oxygen atoms in total. The number of allylic oxidation sites excluding steroid dienone is 2. The Kier molecular flexibility index (Phi) is 5.06. The molecule has 0 radical (unpaired) electrons. The second kappa shape index (κ2) is 6.09. The third-order valence-corrected chi connectivity index (χ3v) is 2.59. The molecule has 0 heterocycles. The van der Waals surface area contributed by atoms with Crippen LogP contribution in [0.2, 0.25) is 0 Å². The largest absolute Gasteiger partial charge is 0.314 e. The predicted octanol–water partition coefficient (Wildman–Crippen LogP) is 2.09. The molecule has 1 atom stereocenters. The molecule has 0 fully saturated rings. The Bertz CT molecular complexity index is 239. The van der Waals surface area contributed by atoms with Gasteiger partial charge in [0.05, 0.1) is 0 Å². The van der Waals surface area contributed by atoms with E-state index in [-0.39, 0.29) is 0 Å². The fourth-order valence-electron chi connectivity index (χ4n) is 1.63. The highest BCUT2D eigenvalue weighted by atomic mass is 14.9. The lowest BCUT2D eigenvalue weighted by Crippen LogP contribution is -2.32. The van der Waals surface area contributed by atoms with E-state index < -0.39 is 0 Å². The normalized spacial score (nSPS) is 20.4. The molecule has 2 N–H and O–H groups in total. The summed E-state index contributed by atoms with van der Waals surface area (Å²) in [5, 5.41) is 6.95. The number of rotatable bonds is 6. The summed E-state index contributed by atoms with van der Waals surface area (Å²) in [6.45, 7) is 10.8. The molecule has 0 aromatic carbocycles. The summed E-state index contributed by atoms with van der Waals surface area (Å²) in [7, 11) is 0. The van der Waals surface area contributed by atoms with Crippen LogP contribution in [0, 0.1) is 5.92 Å². The zero-order valence-corrected chi connectivity index (χ0v) is 10.4. The Morgan fingerprint density at radius 1 is 1.13 bits per heavy atom. The maximum atomic E-state index is 3.49. The van der Waals surface area contributed by atoms with E-state index in [0.29, 0.717) is 18.0 Å². The van der Waals surface area contributed by atoms with Gasteiger partial charge in [-0.3, -0.25) is 0 Å². The summed E-state index contributed by atoms with van der Waals surface area (Å²) >= 11 is 0. The second-order valence-electron chi connectivity index (χ2n) is 4.83. The summed E-state index contributed by atoms with van der Waals surface area (Å²) in [4.78, 5) is 0. The van der Waals surface area contributed by atoms with E-state index in [1.807, 2.05) is 0 Å². The molecular weight excluding hydrogens is 184 g/mol. The molecule has 0 saturated carbocycles. The minimum absolute atomic E-state index is 0.560. The van der Waals surface area contributed by atoms with Crippen molar-refractivity contribution >= 4 is 0 Å². The summed E-state index contributed by atoms with van der Waals surface area (Å²) < 4.78 is 0. The molecule has 0 aliphatic heterocycles. The topological polar surface area (TPSA) is 24.1 Å². The van der Waals surface area contributed by atoms with Crippen LogP contribution < -0.4 is 10.6 Å². The summed E-state index contributed by atoms with van der Waals surface area (Å²) in [6, 6.07) is 1.13. The minimum atomic E-state index is 0.560. The van der Waals surface area contributed by atoms with E-state index in [1.165, 1.54) is 5.57 Å². The van der Waals surface area contributed by atoms with Crippen LogP contribution in [-0.2, 0) is 0 Å². The molecular formula is C13H24N2. The first kappa shape index (κ1) is 12.5. The van der Waals surface area contributed by atoms with Crippen molar-refractivity contribution in [3.63, 3.8) is 0 Å². The lowest BCUT2D eigenvalue weighted by atomic mass is 10.0. The maximum Gasteiger partial charge on any atom is 0.0176 e. The van der Waals surface area contributed by atoms with Crippen LogP contribution in [0.3, 0.4) is 0 Å². The number of nitrogens with one attached hydrogen (secondary N) is 2. The quantitative estimate of drug-likeness (QED) is 0.698. The van der Waals surface area contributed by atoms with Crippen molar-refractivity contribution in [2.24, 2.45) is 5.92 Å². The van der Waals surface area contributed by atoms with Crippen LogP contribution in [-0.4, -0.2) is 25.2 Å². The zero-order valence-electron chi connectivity index (χ0n) is 10.4. The van der Waals surface area contributed by atoms with E-state index >= 15 is 0 Å². The van der Waals surface area contributed by atoms with Crippen LogP contribution in [0.1, 0.15) is 27.7 Å². The third kappa shape index (κ3) is 4.63. The first-order chi connectivity index (χ1) is 7.09. The van der Waals surface area contributed by atoms with Crippen molar-refractivity contribution in [2.75, 3.05) is 13.1 Å². The molecule has 86 valence electrons. The summed E-state index contributed by atoms with van der Waals surface area (Å²) in [5.41, 5.74) is 1.50. The Labute approximate surface area is 93.8 Å². The van der Waals surface area contributed by atoms with Gasteiger partial charge in [0.2, 0.25) is 0 Å². The Hall–Kier alpha value is -0.600. The SMILES string of the molecule is CC(C)NCC1=CC=CC1CNC(C)C. The van der Waals surface area contributed by atoms with Gasteiger partial charge in [0.1, 0.15) is 0 Å². The van der Waals surface area contributed by atoms with Crippen LogP contribution in [0.15, 0.2) is 23.8 Å². The van der Waals surface area contributed by atoms with Crippen molar-refractivity contribution < 1.29 is 0 Å². The molecule has 1 unspecified atom stereocenters. The van der Waals surface area contributed by atoms with Gasteiger partial charge in [-0.05, 0) is 5.57 Å². The summed E-state index contributed by atoms with van der Waals surface area (Å²) in [5.74, 6) is 0.582. The standard InChI is InChI=1S/C13H24N2/c1-10(2)14-8-12-6-5-7-13(12)9-15-11(3)4/h5-7,10-12,14-15H,8-9H2,1-4H3. The first-order valence-electron chi connectivity index (χ1n) is 5.93. The van der Waals surface area contributed by atoms with Crippen molar-refractivity contribution in [1.82, 2.24) is 10.6 Å². The fraction of sp³-hybridized carbons (Fsp3) is 0.692. The molecule has 2 heteroatoms. The van der Waals surface area contributed by atoms with Crippen molar-refractivity contribution in [2.45, 2.75) is 39.8 Å². The molecule has 1 aliphatic rings. The molecule has 1 aliphatic carbocycles. The Morgan fingerprint density at radius 3 is 2.40 bits per heavy atom. The van der Waals surface area contributed by atoms with Gasteiger partial charge in [-0.2, -0.15) is 0 Å². The maximum absolute atomic E-state index is 3.49. The van der Waals surface area contributed by atoms with Crippen molar-refractivity contribution in [1.29, 1.82) is 0 Å². The van der Waals surface area contributed by atoms with Gasteiger partial charge >= 0.3 is 0 Å². The van der Waals surface area contributed by atoms with Gasteiger partial charge in [0.25, 0.3) is 0 Å². The highest BCUT2D eigenvalue weighted by Gasteiger charge is 2.14. The molecule has 0 amide bonds. The Morgan fingerprint density at radius 2 is 1.80 bits per heavy atom. The average molecular weight is 208 g/mol. The van der Waals surface area contributed by atoms with Crippen LogP contribution >= 0.6 is 0 Å². The number of hydrogen-bond donors (Lipinski definition) is 2. The zero-order chi connectivity index (χ0) is 11.3. The molecule has 1 rings (SSSR count). The molecule has 0 aromatic heterocycles. The molecule has 0 spiro atoms.